The predicted molar refractivity (Wildman–Crippen MR) is 80.1 cm³/mol. The van der Waals surface area contributed by atoms with E-state index in [1.165, 1.54) is 6.42 Å². The predicted octanol–water partition coefficient (Wildman–Crippen LogP) is 2.76. The highest BCUT2D eigenvalue weighted by molar-refractivity contribution is 4.96. The Hall–Kier alpha value is -0.120. The van der Waals surface area contributed by atoms with Crippen molar-refractivity contribution in [2.75, 3.05) is 34.4 Å². The van der Waals surface area contributed by atoms with Gasteiger partial charge in [0.1, 0.15) is 0 Å². The van der Waals surface area contributed by atoms with Crippen molar-refractivity contribution in [1.29, 1.82) is 0 Å². The lowest BCUT2D eigenvalue weighted by Crippen LogP contribution is -2.59. The normalized spacial score (nSPS) is 18.7. The van der Waals surface area contributed by atoms with Gasteiger partial charge in [-0.3, -0.25) is 0 Å². The van der Waals surface area contributed by atoms with Gasteiger partial charge in [-0.2, -0.15) is 0 Å². The topological polar surface area (TPSA) is 24.5 Å². The van der Waals surface area contributed by atoms with Crippen molar-refractivity contribution in [3.05, 3.63) is 0 Å². The number of hydrogen-bond donors (Lipinski definition) is 1. The molecule has 3 nitrogen and oxygen atoms in total. The quantitative estimate of drug-likeness (QED) is 0.652. The molecular weight excluding hydrogens is 224 g/mol. The maximum atomic E-state index is 5.23. The lowest BCUT2D eigenvalue weighted by atomic mass is 9.79. The molecule has 0 fully saturated rings. The summed E-state index contributed by atoms with van der Waals surface area (Å²) < 4.78 is 5.23. The van der Waals surface area contributed by atoms with Gasteiger partial charge in [0.15, 0.2) is 0 Å². The Bertz CT molecular complexity index is 209. The molecule has 0 radical (unpaired) electrons. The van der Waals surface area contributed by atoms with Gasteiger partial charge in [0.2, 0.25) is 0 Å². The molecule has 110 valence electrons. The number of likely N-dealkylation sites (N-methyl/N-ethyl adjacent to an activating group) is 1. The van der Waals surface area contributed by atoms with Crippen molar-refractivity contribution in [2.24, 2.45) is 5.92 Å². The lowest BCUT2D eigenvalue weighted by Gasteiger charge is -2.46. The first kappa shape index (κ1) is 17.9. The van der Waals surface area contributed by atoms with Gasteiger partial charge in [0, 0.05) is 25.3 Å². The van der Waals surface area contributed by atoms with Crippen LogP contribution in [0.1, 0.15) is 47.0 Å². The number of methoxy groups -OCH3 is 1. The van der Waals surface area contributed by atoms with E-state index in [0.717, 1.165) is 26.0 Å². The Morgan fingerprint density at radius 3 is 2.28 bits per heavy atom. The number of ether oxygens (including phenoxy) is 1. The van der Waals surface area contributed by atoms with Gasteiger partial charge < -0.3 is 15.0 Å². The van der Waals surface area contributed by atoms with Crippen molar-refractivity contribution in [2.45, 2.75) is 58.5 Å². The molecule has 0 saturated carbocycles. The molecule has 0 heterocycles. The molecule has 0 aliphatic rings. The van der Waals surface area contributed by atoms with Crippen LogP contribution in [0.5, 0.6) is 0 Å². The molecule has 18 heavy (non-hydrogen) atoms. The number of rotatable bonds is 10. The monoisotopic (exact) mass is 258 g/mol. The smallest absolute Gasteiger partial charge is 0.0465 e. The van der Waals surface area contributed by atoms with Gasteiger partial charge in [-0.25, -0.2) is 0 Å². The van der Waals surface area contributed by atoms with Crippen LogP contribution in [-0.4, -0.2) is 50.8 Å². The van der Waals surface area contributed by atoms with Gasteiger partial charge in [-0.15, -0.1) is 0 Å². The largest absolute Gasteiger partial charge is 0.385 e. The zero-order valence-electron chi connectivity index (χ0n) is 13.5. The molecule has 0 aliphatic heterocycles. The fraction of sp³-hybridized carbons (Fsp3) is 1.00. The van der Waals surface area contributed by atoms with E-state index in [9.17, 15) is 0 Å². The van der Waals surface area contributed by atoms with Crippen molar-refractivity contribution in [1.82, 2.24) is 10.2 Å². The molecule has 0 spiro atoms. The van der Waals surface area contributed by atoms with E-state index in [1.807, 2.05) is 0 Å². The van der Waals surface area contributed by atoms with Crippen LogP contribution in [0.2, 0.25) is 0 Å². The Labute approximate surface area is 114 Å². The van der Waals surface area contributed by atoms with Crippen LogP contribution < -0.4 is 5.32 Å². The summed E-state index contributed by atoms with van der Waals surface area (Å²) in [4.78, 5) is 2.36. The Morgan fingerprint density at radius 2 is 1.89 bits per heavy atom. The van der Waals surface area contributed by atoms with E-state index in [-0.39, 0.29) is 5.54 Å². The van der Waals surface area contributed by atoms with Crippen molar-refractivity contribution in [3.63, 3.8) is 0 Å². The van der Waals surface area contributed by atoms with Crippen LogP contribution in [0.25, 0.3) is 0 Å². The second-order valence-corrected chi connectivity index (χ2v) is 5.80. The van der Waals surface area contributed by atoms with Crippen LogP contribution in [0.4, 0.5) is 0 Å². The Morgan fingerprint density at radius 1 is 1.28 bits per heavy atom. The number of hydrogen-bond acceptors (Lipinski definition) is 3. The summed E-state index contributed by atoms with van der Waals surface area (Å²) in [5, 5.41) is 3.75. The molecule has 3 atom stereocenters. The second-order valence-electron chi connectivity index (χ2n) is 5.80. The molecule has 3 unspecified atom stereocenters. The first-order valence-corrected chi connectivity index (χ1v) is 7.33. The number of nitrogens with one attached hydrogen (secondary N) is 1. The minimum atomic E-state index is 0.197. The maximum absolute atomic E-state index is 5.23. The highest BCUT2D eigenvalue weighted by Gasteiger charge is 2.37. The zero-order valence-corrected chi connectivity index (χ0v) is 13.5. The lowest BCUT2D eigenvalue weighted by molar-refractivity contribution is 0.0717. The van der Waals surface area contributed by atoms with E-state index in [2.05, 4.69) is 52.0 Å². The van der Waals surface area contributed by atoms with Gasteiger partial charge in [-0.05, 0) is 52.7 Å². The molecule has 1 N–H and O–H groups in total. The van der Waals surface area contributed by atoms with Crippen molar-refractivity contribution >= 4 is 0 Å². The van der Waals surface area contributed by atoms with Gasteiger partial charge >= 0.3 is 0 Å². The molecule has 0 saturated heterocycles. The van der Waals surface area contributed by atoms with E-state index in [0.29, 0.717) is 12.0 Å². The average molecular weight is 258 g/mol. The molecule has 0 rings (SSSR count). The summed E-state index contributed by atoms with van der Waals surface area (Å²) in [6.07, 6.45) is 3.45. The third kappa shape index (κ3) is 4.87. The Balaban J connectivity index is 4.82. The van der Waals surface area contributed by atoms with E-state index in [4.69, 9.17) is 4.74 Å². The first-order valence-electron chi connectivity index (χ1n) is 7.33. The zero-order chi connectivity index (χ0) is 14.2. The second kappa shape index (κ2) is 8.89. The molecule has 0 aromatic heterocycles. The van der Waals surface area contributed by atoms with E-state index < -0.39 is 0 Å². The minimum Gasteiger partial charge on any atom is -0.385 e. The molecule has 0 bridgehead atoms. The van der Waals surface area contributed by atoms with Crippen LogP contribution >= 0.6 is 0 Å². The fourth-order valence-electron chi connectivity index (χ4n) is 2.62. The molecule has 0 aromatic carbocycles. The summed E-state index contributed by atoms with van der Waals surface area (Å²) in [7, 11) is 6.16. The summed E-state index contributed by atoms with van der Waals surface area (Å²) in [5.41, 5.74) is 0.197. The van der Waals surface area contributed by atoms with Crippen molar-refractivity contribution < 1.29 is 4.74 Å². The first-order chi connectivity index (χ1) is 8.43. The standard InChI is InChI=1S/C15H34N2O/c1-8-11-16-14(13(3)10-12-18-7)15(4,9-2)17(5)6/h13-14,16H,8-12H2,1-7H3. The fourth-order valence-corrected chi connectivity index (χ4v) is 2.62. The van der Waals surface area contributed by atoms with Crippen LogP contribution in [0.3, 0.4) is 0 Å². The highest BCUT2D eigenvalue weighted by atomic mass is 16.5. The summed E-state index contributed by atoms with van der Waals surface area (Å²) in [5.74, 6) is 0.615. The molecule has 3 heteroatoms. The Kier molecular flexibility index (Phi) is 8.83. The van der Waals surface area contributed by atoms with Gasteiger partial charge in [0.25, 0.3) is 0 Å². The third-order valence-corrected chi connectivity index (χ3v) is 4.37. The minimum absolute atomic E-state index is 0.197. The van der Waals surface area contributed by atoms with Crippen LogP contribution in [0.15, 0.2) is 0 Å². The van der Waals surface area contributed by atoms with Gasteiger partial charge in [-0.1, -0.05) is 20.8 Å². The molecular formula is C15H34N2O. The molecule has 0 aliphatic carbocycles. The maximum Gasteiger partial charge on any atom is 0.0465 e. The average Bonchev–Trinajstić information content (AvgIpc) is 2.35. The summed E-state index contributed by atoms with van der Waals surface area (Å²) >= 11 is 0. The summed E-state index contributed by atoms with van der Waals surface area (Å²) in [6.45, 7) is 11.1. The van der Waals surface area contributed by atoms with Crippen LogP contribution in [-0.2, 0) is 4.74 Å². The van der Waals surface area contributed by atoms with Crippen molar-refractivity contribution in [3.8, 4) is 0 Å². The number of nitrogens with zero attached hydrogens (tertiary/aromatic N) is 1. The molecule has 0 amide bonds. The highest BCUT2D eigenvalue weighted by Crippen LogP contribution is 2.27. The SMILES string of the molecule is CCCNC(C(C)CCOC)C(C)(CC)N(C)C. The van der Waals surface area contributed by atoms with Gasteiger partial charge in [0.05, 0.1) is 0 Å². The van der Waals surface area contributed by atoms with Crippen LogP contribution in [0, 0.1) is 5.92 Å². The summed E-state index contributed by atoms with van der Waals surface area (Å²) in [6, 6.07) is 0.507. The molecule has 0 aromatic rings. The third-order valence-electron chi connectivity index (χ3n) is 4.37. The van der Waals surface area contributed by atoms with E-state index >= 15 is 0 Å². The van der Waals surface area contributed by atoms with E-state index in [1.54, 1.807) is 7.11 Å².